The molecule has 0 saturated carbocycles. The number of hydrogen-bond donors (Lipinski definition) is 0. The van der Waals surface area contributed by atoms with Gasteiger partial charge in [-0.1, -0.05) is 6.07 Å². The molecule has 2 aromatic rings. The van der Waals surface area contributed by atoms with Gasteiger partial charge in [0, 0.05) is 23.7 Å². The number of likely N-dealkylation sites (N-methyl/N-ethyl adjacent to an activating group) is 1. The van der Waals surface area contributed by atoms with Crippen LogP contribution in [0.25, 0.3) is 0 Å². The molecule has 0 spiro atoms. The van der Waals surface area contributed by atoms with Crippen LogP contribution in [0.2, 0.25) is 0 Å². The lowest BCUT2D eigenvalue weighted by Crippen LogP contribution is -2.15. The van der Waals surface area contributed by atoms with Gasteiger partial charge < -0.3 is 14.4 Å². The van der Waals surface area contributed by atoms with Gasteiger partial charge in [-0.2, -0.15) is 0 Å². The number of benzene rings is 1. The summed E-state index contributed by atoms with van der Waals surface area (Å²) in [5.74, 6) is 1.60. The highest BCUT2D eigenvalue weighted by molar-refractivity contribution is 7.11. The first-order valence-corrected chi connectivity index (χ1v) is 7.75. The molecule has 118 valence electrons. The smallest absolute Gasteiger partial charge is 0.231 e. The van der Waals surface area contributed by atoms with Gasteiger partial charge in [-0.05, 0) is 43.6 Å². The van der Waals surface area contributed by atoms with Crippen molar-refractivity contribution in [1.82, 2.24) is 4.90 Å². The second kappa shape index (κ2) is 7.63. The maximum atomic E-state index is 5.47. The second-order valence-electron chi connectivity index (χ2n) is 5.16. The van der Waals surface area contributed by atoms with Crippen LogP contribution in [-0.2, 0) is 6.42 Å². The van der Waals surface area contributed by atoms with E-state index in [2.05, 4.69) is 30.1 Å². The van der Waals surface area contributed by atoms with Crippen molar-refractivity contribution in [2.45, 2.75) is 6.42 Å². The van der Waals surface area contributed by atoms with Crippen molar-refractivity contribution >= 4 is 35.6 Å². The first-order chi connectivity index (χ1) is 10.2. The van der Waals surface area contributed by atoms with E-state index in [0.717, 1.165) is 35.0 Å². The lowest BCUT2D eigenvalue weighted by Gasteiger charge is -2.11. The van der Waals surface area contributed by atoms with Crippen molar-refractivity contribution in [3.05, 3.63) is 40.1 Å². The van der Waals surface area contributed by atoms with E-state index in [0.29, 0.717) is 6.79 Å². The molecule has 0 bridgehead atoms. The zero-order valence-corrected chi connectivity index (χ0v) is 14.2. The lowest BCUT2D eigenvalue weighted by atomic mass is 10.1. The molecule has 1 aromatic carbocycles. The average molecular weight is 339 g/mol. The summed E-state index contributed by atoms with van der Waals surface area (Å²) in [4.78, 5) is 7.94. The normalized spacial score (nSPS) is 12.9. The van der Waals surface area contributed by atoms with E-state index in [4.69, 9.17) is 9.47 Å². The Bertz CT molecular complexity index is 642. The Kier molecular flexibility index (Phi) is 5.83. The van der Waals surface area contributed by atoms with Crippen molar-refractivity contribution in [3.8, 4) is 11.5 Å². The third kappa shape index (κ3) is 4.00. The third-order valence-corrected chi connectivity index (χ3v) is 4.08. The van der Waals surface area contributed by atoms with Crippen LogP contribution < -0.4 is 9.47 Å². The van der Waals surface area contributed by atoms with Gasteiger partial charge in [0.05, 0.1) is 5.69 Å². The Balaban J connectivity index is 0.00000176. The first-order valence-electron chi connectivity index (χ1n) is 6.87. The summed E-state index contributed by atoms with van der Waals surface area (Å²) in [5.41, 5.74) is 2.13. The second-order valence-corrected chi connectivity index (χ2v) is 6.14. The molecule has 0 saturated heterocycles. The van der Waals surface area contributed by atoms with Crippen LogP contribution >= 0.6 is 23.7 Å². The van der Waals surface area contributed by atoms with E-state index in [9.17, 15) is 0 Å². The number of aliphatic imine (C=N–C) groups is 1. The zero-order chi connectivity index (χ0) is 14.7. The van der Waals surface area contributed by atoms with Crippen LogP contribution in [0.3, 0.4) is 0 Å². The predicted octanol–water partition coefficient (Wildman–Crippen LogP) is 3.75. The standard InChI is InChI=1S/C16H18N2O2S.ClH/c1-18(2)6-5-12-8-15-16(20-11-19-15)9-14(12)17-10-13-4-3-7-21-13;/h3-4,7-10H,5-6,11H2,1-2H3;1H. The van der Waals surface area contributed by atoms with Crippen molar-refractivity contribution in [1.29, 1.82) is 0 Å². The van der Waals surface area contributed by atoms with Crippen LogP contribution in [0, 0.1) is 0 Å². The molecular weight excluding hydrogens is 320 g/mol. The lowest BCUT2D eigenvalue weighted by molar-refractivity contribution is 0.174. The van der Waals surface area contributed by atoms with Gasteiger partial charge in [0.15, 0.2) is 11.5 Å². The molecule has 0 aliphatic carbocycles. The van der Waals surface area contributed by atoms with E-state index in [-0.39, 0.29) is 12.4 Å². The van der Waals surface area contributed by atoms with Crippen LogP contribution in [0.4, 0.5) is 5.69 Å². The number of rotatable bonds is 5. The average Bonchev–Trinajstić information content (AvgIpc) is 3.12. The van der Waals surface area contributed by atoms with Gasteiger partial charge in [0.2, 0.25) is 6.79 Å². The van der Waals surface area contributed by atoms with Gasteiger partial charge in [0.25, 0.3) is 0 Å². The van der Waals surface area contributed by atoms with E-state index in [1.165, 1.54) is 5.56 Å². The molecule has 0 fully saturated rings. The molecule has 0 radical (unpaired) electrons. The molecule has 1 aromatic heterocycles. The van der Waals surface area contributed by atoms with Crippen LogP contribution in [0.5, 0.6) is 11.5 Å². The van der Waals surface area contributed by atoms with Crippen molar-refractivity contribution in [2.24, 2.45) is 4.99 Å². The number of halogens is 1. The topological polar surface area (TPSA) is 34.1 Å². The summed E-state index contributed by atoms with van der Waals surface area (Å²) < 4.78 is 10.9. The fraction of sp³-hybridized carbons (Fsp3) is 0.312. The Morgan fingerprint density at radius 2 is 2.05 bits per heavy atom. The minimum atomic E-state index is 0. The Hall–Kier alpha value is -1.56. The fourth-order valence-electron chi connectivity index (χ4n) is 2.14. The quantitative estimate of drug-likeness (QED) is 0.778. The summed E-state index contributed by atoms with van der Waals surface area (Å²) in [6.45, 7) is 1.27. The van der Waals surface area contributed by atoms with E-state index in [1.54, 1.807) is 11.3 Å². The highest BCUT2D eigenvalue weighted by atomic mass is 35.5. The third-order valence-electron chi connectivity index (χ3n) is 3.28. The zero-order valence-electron chi connectivity index (χ0n) is 12.6. The van der Waals surface area contributed by atoms with Crippen molar-refractivity contribution < 1.29 is 9.47 Å². The molecule has 22 heavy (non-hydrogen) atoms. The van der Waals surface area contributed by atoms with Gasteiger partial charge in [-0.25, -0.2) is 0 Å². The highest BCUT2D eigenvalue weighted by Gasteiger charge is 2.17. The number of fused-ring (bicyclic) bond motifs is 1. The molecule has 0 amide bonds. The molecule has 3 rings (SSSR count). The minimum absolute atomic E-state index is 0. The number of ether oxygens (including phenoxy) is 2. The molecule has 0 N–H and O–H groups in total. The summed E-state index contributed by atoms with van der Waals surface area (Å²) in [7, 11) is 4.14. The molecule has 1 aliphatic rings. The molecular formula is C16H19ClN2O2S. The summed E-state index contributed by atoms with van der Waals surface area (Å²) in [6.07, 6.45) is 2.84. The minimum Gasteiger partial charge on any atom is -0.454 e. The van der Waals surface area contributed by atoms with Gasteiger partial charge in [-0.3, -0.25) is 4.99 Å². The van der Waals surface area contributed by atoms with Gasteiger partial charge in [-0.15, -0.1) is 23.7 Å². The maximum absolute atomic E-state index is 5.47. The SMILES string of the molecule is CN(C)CCc1cc2c(cc1N=Cc1cccs1)OCO2.Cl. The first kappa shape index (κ1) is 16.8. The Labute approximate surface area is 140 Å². The monoisotopic (exact) mass is 338 g/mol. The molecule has 2 heterocycles. The number of hydrogen-bond acceptors (Lipinski definition) is 5. The highest BCUT2D eigenvalue weighted by Crippen LogP contribution is 2.38. The number of thiophene rings is 1. The Morgan fingerprint density at radius 1 is 1.27 bits per heavy atom. The summed E-state index contributed by atoms with van der Waals surface area (Å²) in [5, 5.41) is 2.05. The molecule has 0 unspecified atom stereocenters. The largest absolute Gasteiger partial charge is 0.454 e. The number of nitrogens with zero attached hydrogens (tertiary/aromatic N) is 2. The molecule has 0 atom stereocenters. The van der Waals surface area contributed by atoms with Crippen LogP contribution in [-0.4, -0.2) is 38.5 Å². The predicted molar refractivity (Wildman–Crippen MR) is 93.6 cm³/mol. The fourth-order valence-corrected chi connectivity index (χ4v) is 2.72. The van der Waals surface area contributed by atoms with E-state index >= 15 is 0 Å². The summed E-state index contributed by atoms with van der Waals surface area (Å²) >= 11 is 1.68. The molecule has 1 aliphatic heterocycles. The van der Waals surface area contributed by atoms with E-state index < -0.39 is 0 Å². The van der Waals surface area contributed by atoms with Gasteiger partial charge in [0.1, 0.15) is 0 Å². The maximum Gasteiger partial charge on any atom is 0.231 e. The van der Waals surface area contributed by atoms with Crippen molar-refractivity contribution in [2.75, 3.05) is 27.4 Å². The van der Waals surface area contributed by atoms with Gasteiger partial charge >= 0.3 is 0 Å². The van der Waals surface area contributed by atoms with E-state index in [1.807, 2.05) is 29.8 Å². The van der Waals surface area contributed by atoms with Crippen LogP contribution in [0.1, 0.15) is 10.4 Å². The Morgan fingerprint density at radius 3 is 2.73 bits per heavy atom. The summed E-state index contributed by atoms with van der Waals surface area (Å²) in [6, 6.07) is 8.10. The molecule has 6 heteroatoms. The van der Waals surface area contributed by atoms with Crippen molar-refractivity contribution in [3.63, 3.8) is 0 Å². The van der Waals surface area contributed by atoms with Crippen LogP contribution in [0.15, 0.2) is 34.6 Å². The molecule has 4 nitrogen and oxygen atoms in total.